The molecular weight excluding hydrogens is 408 g/mol. The van der Waals surface area contributed by atoms with Crippen molar-refractivity contribution in [1.29, 1.82) is 0 Å². The largest absolute Gasteiger partial charge is 0.444 e. The molecule has 4 atom stereocenters. The summed E-state index contributed by atoms with van der Waals surface area (Å²) in [7, 11) is 0. The minimum absolute atomic E-state index is 0.305. The molecule has 2 rings (SSSR count). The van der Waals surface area contributed by atoms with E-state index < -0.39 is 11.2 Å². The molecule has 2 amide bonds. The molecule has 0 unspecified atom stereocenters. The fraction of sp³-hybridized carbons (Fsp3) is 0.917. The second-order valence-electron chi connectivity index (χ2n) is 11.4. The summed E-state index contributed by atoms with van der Waals surface area (Å²) in [6, 6.07) is 0.610. The molecule has 0 bridgehead atoms. The van der Waals surface area contributed by atoms with Gasteiger partial charge < -0.3 is 31.6 Å². The number of carbonyl (C=O) groups excluding carboxylic acids is 2. The summed E-state index contributed by atoms with van der Waals surface area (Å²) < 4.78 is 10.3. The second-order valence-corrected chi connectivity index (χ2v) is 11.4. The molecule has 32 heavy (non-hydrogen) atoms. The highest BCUT2D eigenvalue weighted by atomic mass is 16.6. The first-order chi connectivity index (χ1) is 14.7. The molecule has 0 aromatic rings. The Bertz CT molecular complexity index is 521. The predicted octanol–water partition coefficient (Wildman–Crippen LogP) is 4.06. The molecule has 0 radical (unpaired) electrons. The molecule has 2 aliphatic carbocycles. The first-order valence-electron chi connectivity index (χ1n) is 12.2. The van der Waals surface area contributed by atoms with Gasteiger partial charge in [-0.1, -0.05) is 12.8 Å². The van der Waals surface area contributed by atoms with Gasteiger partial charge in [0.05, 0.1) is 0 Å². The zero-order valence-electron chi connectivity index (χ0n) is 21.2. The van der Waals surface area contributed by atoms with Crippen molar-refractivity contribution in [3.63, 3.8) is 0 Å². The van der Waals surface area contributed by atoms with E-state index in [2.05, 4.69) is 10.6 Å². The lowest BCUT2D eigenvalue weighted by Gasteiger charge is -2.27. The standard InChI is InChI=1S/2C12H24N2O2/c2*1-12(2,3)16-11(15)14-8-9-5-4-6-10(13)7-9/h2*9-10H,4-8,13H2,1-3H3,(H,14,15)/t2*9-,10+/m10/s1. The molecule has 6 N–H and O–H groups in total. The first kappa shape index (κ1) is 28.5. The van der Waals surface area contributed by atoms with Crippen LogP contribution in [0.25, 0.3) is 0 Å². The molecule has 8 heteroatoms. The Kier molecular flexibility index (Phi) is 11.8. The van der Waals surface area contributed by atoms with Crippen molar-refractivity contribution in [2.75, 3.05) is 13.1 Å². The van der Waals surface area contributed by atoms with Crippen molar-refractivity contribution in [3.05, 3.63) is 0 Å². The Balaban J connectivity index is 0.000000320. The summed E-state index contributed by atoms with van der Waals surface area (Å²) in [5.41, 5.74) is 10.9. The number of nitrogens with two attached hydrogens (primary N) is 2. The maximum Gasteiger partial charge on any atom is 0.407 e. The summed E-state index contributed by atoms with van der Waals surface area (Å²) in [4.78, 5) is 22.8. The Morgan fingerprint density at radius 1 is 0.719 bits per heavy atom. The fourth-order valence-electron chi connectivity index (χ4n) is 4.12. The van der Waals surface area contributed by atoms with Gasteiger partial charge in [0, 0.05) is 25.2 Å². The van der Waals surface area contributed by atoms with Crippen LogP contribution in [0.1, 0.15) is 92.9 Å². The molecule has 0 spiro atoms. The summed E-state index contributed by atoms with van der Waals surface area (Å²) in [6.07, 6.45) is 8.24. The van der Waals surface area contributed by atoms with E-state index in [-0.39, 0.29) is 12.2 Å². The third-order valence-corrected chi connectivity index (χ3v) is 5.51. The molecule has 0 heterocycles. The van der Waals surface area contributed by atoms with Crippen LogP contribution in [0.15, 0.2) is 0 Å². The van der Waals surface area contributed by atoms with Crippen LogP contribution in [0.4, 0.5) is 9.59 Å². The molecule has 0 aromatic carbocycles. The van der Waals surface area contributed by atoms with Crippen LogP contribution in [-0.4, -0.2) is 48.6 Å². The average Bonchev–Trinajstić information content (AvgIpc) is 2.63. The molecule has 2 saturated carbocycles. The molecule has 0 aromatic heterocycles. The first-order valence-corrected chi connectivity index (χ1v) is 12.2. The zero-order valence-corrected chi connectivity index (χ0v) is 21.2. The highest BCUT2D eigenvalue weighted by molar-refractivity contribution is 5.68. The quantitative estimate of drug-likeness (QED) is 0.505. The van der Waals surface area contributed by atoms with Crippen LogP contribution in [0.3, 0.4) is 0 Å². The van der Waals surface area contributed by atoms with Gasteiger partial charge in [0.2, 0.25) is 0 Å². The minimum Gasteiger partial charge on any atom is -0.444 e. The van der Waals surface area contributed by atoms with Crippen molar-refractivity contribution < 1.29 is 19.1 Å². The van der Waals surface area contributed by atoms with Crippen molar-refractivity contribution >= 4 is 12.2 Å². The summed E-state index contributed by atoms with van der Waals surface area (Å²) in [5, 5.41) is 5.63. The second kappa shape index (κ2) is 13.2. The maximum absolute atomic E-state index is 11.4. The third-order valence-electron chi connectivity index (χ3n) is 5.51. The number of nitrogens with one attached hydrogen (secondary N) is 2. The number of alkyl carbamates (subject to hydrolysis) is 2. The van der Waals surface area contributed by atoms with E-state index in [1.807, 2.05) is 41.5 Å². The number of carbonyl (C=O) groups is 2. The van der Waals surface area contributed by atoms with Gasteiger partial charge in [-0.2, -0.15) is 0 Å². The van der Waals surface area contributed by atoms with Gasteiger partial charge >= 0.3 is 12.2 Å². The van der Waals surface area contributed by atoms with E-state index in [9.17, 15) is 9.59 Å². The van der Waals surface area contributed by atoms with E-state index >= 15 is 0 Å². The van der Waals surface area contributed by atoms with E-state index in [0.29, 0.717) is 37.0 Å². The average molecular weight is 457 g/mol. The van der Waals surface area contributed by atoms with Crippen molar-refractivity contribution in [3.8, 4) is 0 Å². The molecular formula is C24H48N4O4. The number of rotatable bonds is 4. The Morgan fingerprint density at radius 2 is 1.06 bits per heavy atom. The molecule has 0 saturated heterocycles. The minimum atomic E-state index is -0.424. The SMILES string of the molecule is CC(C)(C)OC(=O)NC[C@@H]1CCC[C@H](N)C1.CC(C)(C)OC(=O)NC[C@H]1CCC[C@@H](N)C1. The summed E-state index contributed by atoms with van der Waals surface area (Å²) >= 11 is 0. The van der Waals surface area contributed by atoms with Gasteiger partial charge in [-0.05, 0) is 91.9 Å². The van der Waals surface area contributed by atoms with Gasteiger partial charge in [0.1, 0.15) is 11.2 Å². The van der Waals surface area contributed by atoms with E-state index in [4.69, 9.17) is 20.9 Å². The van der Waals surface area contributed by atoms with E-state index in [1.54, 1.807) is 0 Å². The number of ether oxygens (including phenoxy) is 2. The number of hydrogen-bond acceptors (Lipinski definition) is 6. The lowest BCUT2D eigenvalue weighted by atomic mass is 9.86. The molecule has 8 nitrogen and oxygen atoms in total. The van der Waals surface area contributed by atoms with Gasteiger partial charge in [0.15, 0.2) is 0 Å². The molecule has 0 aliphatic heterocycles. The van der Waals surface area contributed by atoms with Crippen molar-refractivity contribution in [2.24, 2.45) is 23.3 Å². The molecule has 2 aliphatic rings. The third kappa shape index (κ3) is 14.5. The Hall–Kier alpha value is -1.54. The van der Waals surface area contributed by atoms with Crippen molar-refractivity contribution in [1.82, 2.24) is 10.6 Å². The fourth-order valence-corrected chi connectivity index (χ4v) is 4.12. The van der Waals surface area contributed by atoms with Gasteiger partial charge in [0.25, 0.3) is 0 Å². The number of amides is 2. The topological polar surface area (TPSA) is 129 Å². The molecule has 2 fully saturated rings. The van der Waals surface area contributed by atoms with Crippen LogP contribution in [0.2, 0.25) is 0 Å². The monoisotopic (exact) mass is 456 g/mol. The van der Waals surface area contributed by atoms with Crippen LogP contribution in [0, 0.1) is 11.8 Å². The highest BCUT2D eigenvalue weighted by Crippen LogP contribution is 2.23. The normalized spacial score (nSPS) is 26.2. The number of hydrogen-bond donors (Lipinski definition) is 4. The summed E-state index contributed by atoms with van der Waals surface area (Å²) in [6.45, 7) is 12.6. The zero-order chi connectivity index (χ0) is 24.4. The smallest absolute Gasteiger partial charge is 0.407 e. The van der Waals surface area contributed by atoms with Crippen molar-refractivity contribution in [2.45, 2.75) is 116 Å². The van der Waals surface area contributed by atoms with Gasteiger partial charge in [-0.25, -0.2) is 9.59 Å². The van der Waals surface area contributed by atoms with Crippen LogP contribution in [0.5, 0.6) is 0 Å². The predicted molar refractivity (Wildman–Crippen MR) is 128 cm³/mol. The Morgan fingerprint density at radius 3 is 1.34 bits per heavy atom. The van der Waals surface area contributed by atoms with E-state index in [1.165, 1.54) is 12.8 Å². The molecule has 188 valence electrons. The summed E-state index contributed by atoms with van der Waals surface area (Å²) in [5.74, 6) is 1.02. The van der Waals surface area contributed by atoms with Crippen LogP contribution < -0.4 is 22.1 Å². The van der Waals surface area contributed by atoms with Gasteiger partial charge in [-0.3, -0.25) is 0 Å². The lowest BCUT2D eigenvalue weighted by molar-refractivity contribution is 0.0503. The van der Waals surface area contributed by atoms with Crippen LogP contribution >= 0.6 is 0 Å². The maximum atomic E-state index is 11.4. The lowest BCUT2D eigenvalue weighted by Crippen LogP contribution is -2.38. The van der Waals surface area contributed by atoms with Crippen LogP contribution in [-0.2, 0) is 9.47 Å². The Labute approximate surface area is 194 Å². The highest BCUT2D eigenvalue weighted by Gasteiger charge is 2.22. The van der Waals surface area contributed by atoms with E-state index in [0.717, 1.165) is 38.5 Å². The van der Waals surface area contributed by atoms with Gasteiger partial charge in [-0.15, -0.1) is 0 Å².